The van der Waals surface area contributed by atoms with Crippen LogP contribution in [0.15, 0.2) is 47.6 Å². The molecule has 8 nitrogen and oxygen atoms in total. The summed E-state index contributed by atoms with van der Waals surface area (Å²) in [6, 6.07) is 3.85. The molecule has 1 amide bonds. The third kappa shape index (κ3) is 3.79. The number of piperidine rings is 1. The van der Waals surface area contributed by atoms with E-state index in [1.165, 1.54) is 0 Å². The summed E-state index contributed by atoms with van der Waals surface area (Å²) in [5.41, 5.74) is 0.592. The van der Waals surface area contributed by atoms with Gasteiger partial charge in [0, 0.05) is 44.3 Å². The number of hydrogen-bond donors (Lipinski definition) is 0. The molecule has 1 fully saturated rings. The summed E-state index contributed by atoms with van der Waals surface area (Å²) in [7, 11) is 0. The highest BCUT2D eigenvalue weighted by molar-refractivity contribution is 5.76. The lowest BCUT2D eigenvalue weighted by atomic mass is 9.94. The Morgan fingerprint density at radius 1 is 1.27 bits per heavy atom. The monoisotopic (exact) mass is 352 g/mol. The zero-order chi connectivity index (χ0) is 17.8. The molecule has 0 N–H and O–H groups in total. The van der Waals surface area contributed by atoms with Crippen LogP contribution in [-0.2, 0) is 17.8 Å². The van der Waals surface area contributed by atoms with Crippen molar-refractivity contribution in [2.45, 2.75) is 25.8 Å². The molecule has 134 valence electrons. The first-order chi connectivity index (χ1) is 12.8. The molecule has 0 radical (unpaired) electrons. The number of carbonyl (C=O) groups is 1. The molecule has 3 aromatic rings. The van der Waals surface area contributed by atoms with Crippen molar-refractivity contribution in [2.24, 2.45) is 5.92 Å². The molecule has 4 rings (SSSR count). The van der Waals surface area contributed by atoms with Gasteiger partial charge in [0.2, 0.25) is 17.6 Å². The number of hydrogen-bond acceptors (Lipinski definition) is 6. The van der Waals surface area contributed by atoms with Crippen molar-refractivity contribution in [1.82, 2.24) is 29.6 Å². The van der Waals surface area contributed by atoms with Crippen LogP contribution in [0.3, 0.4) is 0 Å². The maximum absolute atomic E-state index is 12.5. The second-order valence-electron chi connectivity index (χ2n) is 6.51. The van der Waals surface area contributed by atoms with E-state index in [2.05, 4.69) is 20.1 Å². The van der Waals surface area contributed by atoms with Crippen LogP contribution >= 0.6 is 0 Å². The summed E-state index contributed by atoms with van der Waals surface area (Å²) in [5, 5.41) is 3.98. The number of nitrogens with zero attached hydrogens (tertiary/aromatic N) is 6. The number of aromatic nitrogens is 5. The minimum Gasteiger partial charge on any atom is -0.345 e. The van der Waals surface area contributed by atoms with E-state index in [0.717, 1.165) is 25.9 Å². The zero-order valence-electron chi connectivity index (χ0n) is 14.4. The van der Waals surface area contributed by atoms with Gasteiger partial charge in [-0.15, -0.1) is 0 Å². The Bertz CT molecular complexity index is 846. The topological polar surface area (TPSA) is 89.9 Å². The first-order valence-electron chi connectivity index (χ1n) is 8.75. The molecule has 3 aromatic heterocycles. The molecule has 0 spiro atoms. The highest BCUT2D eigenvalue weighted by Crippen LogP contribution is 2.21. The first kappa shape index (κ1) is 16.4. The van der Waals surface area contributed by atoms with Gasteiger partial charge in [0.1, 0.15) is 12.2 Å². The van der Waals surface area contributed by atoms with Crippen molar-refractivity contribution in [2.75, 3.05) is 13.1 Å². The van der Waals surface area contributed by atoms with Crippen molar-refractivity contribution >= 4 is 5.91 Å². The van der Waals surface area contributed by atoms with Crippen LogP contribution in [0.1, 0.15) is 18.7 Å². The average Bonchev–Trinajstić information content (AvgIpc) is 3.35. The maximum Gasteiger partial charge on any atom is 0.242 e. The normalized spacial score (nSPS) is 17.4. The second kappa shape index (κ2) is 7.47. The largest absolute Gasteiger partial charge is 0.345 e. The Labute approximate surface area is 150 Å². The lowest BCUT2D eigenvalue weighted by Gasteiger charge is -2.32. The molecule has 0 aliphatic carbocycles. The van der Waals surface area contributed by atoms with Gasteiger partial charge in [-0.3, -0.25) is 9.78 Å². The van der Waals surface area contributed by atoms with E-state index < -0.39 is 0 Å². The molecule has 4 heterocycles. The molecule has 26 heavy (non-hydrogen) atoms. The number of rotatable bonds is 5. The highest BCUT2D eigenvalue weighted by atomic mass is 16.5. The van der Waals surface area contributed by atoms with Crippen molar-refractivity contribution in [3.63, 3.8) is 0 Å². The Kier molecular flexibility index (Phi) is 4.72. The molecule has 0 aromatic carbocycles. The van der Waals surface area contributed by atoms with Crippen molar-refractivity contribution in [1.29, 1.82) is 0 Å². The van der Waals surface area contributed by atoms with Crippen LogP contribution < -0.4 is 0 Å². The molecule has 0 saturated carbocycles. The molecule has 0 bridgehead atoms. The van der Waals surface area contributed by atoms with Gasteiger partial charge in [-0.25, -0.2) is 4.98 Å². The molecule has 1 aliphatic rings. The Balaban J connectivity index is 1.36. The number of amides is 1. The maximum atomic E-state index is 12.5. The van der Waals surface area contributed by atoms with Gasteiger partial charge in [-0.2, -0.15) is 4.98 Å². The fourth-order valence-electron chi connectivity index (χ4n) is 3.29. The molecule has 1 saturated heterocycles. The molecular weight excluding hydrogens is 332 g/mol. The third-order valence-electron chi connectivity index (χ3n) is 4.58. The molecule has 1 aliphatic heterocycles. The number of likely N-dealkylation sites (tertiary alicyclic amines) is 1. The van der Waals surface area contributed by atoms with Crippen LogP contribution in [0.4, 0.5) is 0 Å². The summed E-state index contributed by atoms with van der Waals surface area (Å²) in [4.78, 5) is 27.0. The van der Waals surface area contributed by atoms with Crippen molar-refractivity contribution in [3.8, 4) is 11.5 Å². The number of carbonyl (C=O) groups excluding carboxylic acids is 1. The summed E-state index contributed by atoms with van der Waals surface area (Å²) >= 11 is 0. The van der Waals surface area contributed by atoms with E-state index in [1.807, 2.05) is 34.0 Å². The smallest absolute Gasteiger partial charge is 0.242 e. The van der Waals surface area contributed by atoms with Gasteiger partial charge in [-0.05, 0) is 30.9 Å². The quantitative estimate of drug-likeness (QED) is 0.696. The van der Waals surface area contributed by atoms with Gasteiger partial charge < -0.3 is 14.0 Å². The first-order valence-corrected chi connectivity index (χ1v) is 8.75. The van der Waals surface area contributed by atoms with Gasteiger partial charge in [0.15, 0.2) is 0 Å². The Morgan fingerprint density at radius 3 is 2.96 bits per heavy atom. The average molecular weight is 352 g/mol. The highest BCUT2D eigenvalue weighted by Gasteiger charge is 2.25. The lowest BCUT2D eigenvalue weighted by Crippen LogP contribution is -2.42. The van der Waals surface area contributed by atoms with Gasteiger partial charge in [0.05, 0.1) is 6.20 Å². The summed E-state index contributed by atoms with van der Waals surface area (Å²) in [5.74, 6) is 1.50. The lowest BCUT2D eigenvalue weighted by molar-refractivity contribution is -0.133. The Morgan fingerprint density at radius 2 is 2.15 bits per heavy atom. The van der Waals surface area contributed by atoms with Gasteiger partial charge in [0.25, 0.3) is 0 Å². The fraction of sp³-hybridized carbons (Fsp3) is 0.389. The van der Waals surface area contributed by atoms with Crippen LogP contribution in [0, 0.1) is 5.92 Å². The predicted molar refractivity (Wildman–Crippen MR) is 92.8 cm³/mol. The zero-order valence-corrected chi connectivity index (χ0v) is 14.4. The fourth-order valence-corrected chi connectivity index (χ4v) is 3.29. The summed E-state index contributed by atoms with van der Waals surface area (Å²) in [6.07, 6.45) is 11.3. The summed E-state index contributed by atoms with van der Waals surface area (Å²) < 4.78 is 7.27. The van der Waals surface area contributed by atoms with Crippen molar-refractivity contribution in [3.05, 3.63) is 49.0 Å². The Hall–Kier alpha value is -3.03. The summed E-state index contributed by atoms with van der Waals surface area (Å²) in [6.45, 7) is 1.92. The van der Waals surface area contributed by atoms with Gasteiger partial charge in [-0.1, -0.05) is 5.16 Å². The van der Waals surface area contributed by atoms with Crippen LogP contribution in [0.25, 0.3) is 11.5 Å². The SMILES string of the molecule is O=C(Cn1cccc1)N1CCC[C@H](Cc2nc(-c3cnccn3)no2)C1. The molecule has 0 unspecified atom stereocenters. The molecular formula is C18H20N6O2. The van der Waals surface area contributed by atoms with E-state index >= 15 is 0 Å². The van der Waals surface area contributed by atoms with E-state index in [0.29, 0.717) is 36.3 Å². The van der Waals surface area contributed by atoms with Crippen LogP contribution in [-0.4, -0.2) is 48.6 Å². The van der Waals surface area contributed by atoms with Crippen LogP contribution in [0.5, 0.6) is 0 Å². The predicted octanol–water partition coefficient (Wildman–Crippen LogP) is 1.81. The van der Waals surface area contributed by atoms with Crippen LogP contribution in [0.2, 0.25) is 0 Å². The second-order valence-corrected chi connectivity index (χ2v) is 6.51. The molecule has 1 atom stereocenters. The van der Waals surface area contributed by atoms with Gasteiger partial charge >= 0.3 is 0 Å². The van der Waals surface area contributed by atoms with E-state index in [1.54, 1.807) is 18.6 Å². The third-order valence-corrected chi connectivity index (χ3v) is 4.58. The molecule has 8 heteroatoms. The van der Waals surface area contributed by atoms with E-state index in [-0.39, 0.29) is 5.91 Å². The minimum absolute atomic E-state index is 0.150. The minimum atomic E-state index is 0.150. The van der Waals surface area contributed by atoms with Crippen molar-refractivity contribution < 1.29 is 9.32 Å². The van der Waals surface area contributed by atoms with E-state index in [9.17, 15) is 4.79 Å². The van der Waals surface area contributed by atoms with E-state index in [4.69, 9.17) is 4.52 Å². The standard InChI is InChI=1S/C18H20N6O2/c25-17(13-23-7-1-2-8-23)24-9-3-4-14(12-24)10-16-21-18(22-26-16)15-11-19-5-6-20-15/h1-2,5-8,11,14H,3-4,9-10,12-13H2/t14-/m1/s1.